The second-order valence-electron chi connectivity index (χ2n) is 1.59. The molecule has 1 aromatic rings. The zero-order valence-corrected chi connectivity index (χ0v) is 6.91. The molecule has 0 aliphatic carbocycles. The smallest absolute Gasteiger partial charge is 0.156 e. The monoisotopic (exact) mass is 175 g/mol. The number of aromatic nitrogens is 2. The van der Waals surface area contributed by atoms with Crippen LogP contribution in [-0.2, 0) is 0 Å². The molecular formula is C5H6ClN3S. The molecule has 0 bridgehead atoms. The van der Waals surface area contributed by atoms with Gasteiger partial charge in [0, 0.05) is 0 Å². The first-order chi connectivity index (χ1) is 4.75. The normalized spacial score (nSPS) is 9.80. The average Bonchev–Trinajstić information content (AvgIpc) is 1.95. The molecule has 10 heavy (non-hydrogen) atoms. The van der Waals surface area contributed by atoms with Crippen molar-refractivity contribution < 1.29 is 0 Å². The van der Waals surface area contributed by atoms with Crippen LogP contribution in [0.25, 0.3) is 0 Å². The SMILES string of the molecule is CSc1ncnc(Cl)c1N. The molecule has 0 aliphatic rings. The lowest BCUT2D eigenvalue weighted by Gasteiger charge is -1.99. The lowest BCUT2D eigenvalue weighted by atomic mass is 10.6. The van der Waals surface area contributed by atoms with Gasteiger partial charge in [-0.1, -0.05) is 11.6 Å². The zero-order chi connectivity index (χ0) is 7.56. The van der Waals surface area contributed by atoms with Gasteiger partial charge in [-0.3, -0.25) is 0 Å². The summed E-state index contributed by atoms with van der Waals surface area (Å²) in [7, 11) is 0. The molecule has 1 rings (SSSR count). The van der Waals surface area contributed by atoms with E-state index in [0.717, 1.165) is 5.03 Å². The molecule has 5 heteroatoms. The summed E-state index contributed by atoms with van der Waals surface area (Å²) >= 11 is 7.05. The van der Waals surface area contributed by atoms with Crippen molar-refractivity contribution in [3.8, 4) is 0 Å². The number of nitrogens with two attached hydrogens (primary N) is 1. The van der Waals surface area contributed by atoms with E-state index in [9.17, 15) is 0 Å². The third-order valence-corrected chi connectivity index (χ3v) is 2.01. The fourth-order valence-electron chi connectivity index (χ4n) is 0.522. The van der Waals surface area contributed by atoms with Gasteiger partial charge in [0.05, 0.1) is 0 Å². The first-order valence-corrected chi connectivity index (χ1v) is 4.16. The first-order valence-electron chi connectivity index (χ1n) is 2.55. The van der Waals surface area contributed by atoms with E-state index in [1.165, 1.54) is 18.1 Å². The predicted molar refractivity (Wildman–Crippen MR) is 43.2 cm³/mol. The third kappa shape index (κ3) is 1.33. The quantitative estimate of drug-likeness (QED) is 0.518. The van der Waals surface area contributed by atoms with Gasteiger partial charge in [-0.2, -0.15) is 0 Å². The van der Waals surface area contributed by atoms with E-state index < -0.39 is 0 Å². The van der Waals surface area contributed by atoms with Crippen LogP contribution in [0.3, 0.4) is 0 Å². The summed E-state index contributed by atoms with van der Waals surface area (Å²) < 4.78 is 0. The second-order valence-corrected chi connectivity index (χ2v) is 2.74. The summed E-state index contributed by atoms with van der Waals surface area (Å²) in [5.74, 6) is 0. The Bertz CT molecular complexity index is 240. The number of hydrogen-bond donors (Lipinski definition) is 1. The van der Waals surface area contributed by atoms with Crippen LogP contribution in [0.2, 0.25) is 5.15 Å². The van der Waals surface area contributed by atoms with E-state index in [1.54, 1.807) is 0 Å². The molecule has 0 fully saturated rings. The minimum Gasteiger partial charge on any atom is -0.394 e. The summed E-state index contributed by atoms with van der Waals surface area (Å²) in [6.07, 6.45) is 3.28. The number of rotatable bonds is 1. The van der Waals surface area contributed by atoms with E-state index in [0.29, 0.717) is 10.8 Å². The molecular weight excluding hydrogens is 170 g/mol. The second kappa shape index (κ2) is 3.07. The van der Waals surface area contributed by atoms with Gasteiger partial charge < -0.3 is 5.73 Å². The molecule has 0 saturated heterocycles. The first kappa shape index (κ1) is 7.63. The van der Waals surface area contributed by atoms with Crippen LogP contribution in [0, 0.1) is 0 Å². The minimum atomic E-state index is 0.319. The highest BCUT2D eigenvalue weighted by atomic mass is 35.5. The maximum Gasteiger partial charge on any atom is 0.156 e. The van der Waals surface area contributed by atoms with Crippen molar-refractivity contribution in [3.05, 3.63) is 11.5 Å². The fraction of sp³-hybridized carbons (Fsp3) is 0.200. The Kier molecular flexibility index (Phi) is 2.34. The molecule has 2 N–H and O–H groups in total. The van der Waals surface area contributed by atoms with Gasteiger partial charge in [0.15, 0.2) is 5.15 Å². The Hall–Kier alpha value is -0.480. The number of nitrogen functional groups attached to an aromatic ring is 1. The number of anilines is 1. The maximum absolute atomic E-state index is 5.60. The number of halogens is 1. The van der Waals surface area contributed by atoms with E-state index in [4.69, 9.17) is 17.3 Å². The summed E-state index contributed by atoms with van der Waals surface area (Å²) in [6.45, 7) is 0. The molecule has 0 atom stereocenters. The summed E-state index contributed by atoms with van der Waals surface area (Å²) in [5.41, 5.74) is 5.97. The summed E-state index contributed by atoms with van der Waals surface area (Å²) in [4.78, 5) is 7.60. The van der Waals surface area contributed by atoms with Crippen molar-refractivity contribution in [1.82, 2.24) is 9.97 Å². The lowest BCUT2D eigenvalue weighted by Crippen LogP contribution is -1.94. The molecule has 0 unspecified atom stereocenters. The van der Waals surface area contributed by atoms with Crippen LogP contribution in [0.15, 0.2) is 11.4 Å². The van der Waals surface area contributed by atoms with Crippen LogP contribution in [0.1, 0.15) is 0 Å². The molecule has 3 nitrogen and oxygen atoms in total. The Morgan fingerprint density at radius 3 is 2.80 bits per heavy atom. The van der Waals surface area contributed by atoms with Crippen LogP contribution in [0.5, 0.6) is 0 Å². The number of hydrogen-bond acceptors (Lipinski definition) is 4. The predicted octanol–water partition coefficient (Wildman–Crippen LogP) is 1.43. The van der Waals surface area contributed by atoms with Gasteiger partial charge in [0.1, 0.15) is 17.0 Å². The van der Waals surface area contributed by atoms with Gasteiger partial charge in [-0.25, -0.2) is 9.97 Å². The van der Waals surface area contributed by atoms with Gasteiger partial charge in [0.2, 0.25) is 0 Å². The highest BCUT2D eigenvalue weighted by Crippen LogP contribution is 2.24. The number of thioether (sulfide) groups is 1. The van der Waals surface area contributed by atoms with E-state index >= 15 is 0 Å². The van der Waals surface area contributed by atoms with E-state index in [1.807, 2.05) is 6.26 Å². The van der Waals surface area contributed by atoms with Crippen LogP contribution in [0.4, 0.5) is 5.69 Å². The number of nitrogens with zero attached hydrogens (tertiary/aromatic N) is 2. The van der Waals surface area contributed by atoms with Crippen molar-refractivity contribution >= 4 is 29.1 Å². The van der Waals surface area contributed by atoms with E-state index in [2.05, 4.69) is 9.97 Å². The molecule has 0 spiro atoms. The zero-order valence-electron chi connectivity index (χ0n) is 5.34. The van der Waals surface area contributed by atoms with Crippen LogP contribution >= 0.6 is 23.4 Å². The molecule has 0 aliphatic heterocycles. The van der Waals surface area contributed by atoms with Gasteiger partial charge in [-0.05, 0) is 6.26 Å². The molecule has 0 radical (unpaired) electrons. The van der Waals surface area contributed by atoms with Gasteiger partial charge >= 0.3 is 0 Å². The maximum atomic E-state index is 5.60. The largest absolute Gasteiger partial charge is 0.394 e. The van der Waals surface area contributed by atoms with Crippen molar-refractivity contribution in [1.29, 1.82) is 0 Å². The van der Waals surface area contributed by atoms with Crippen molar-refractivity contribution in [3.63, 3.8) is 0 Å². The van der Waals surface area contributed by atoms with E-state index in [-0.39, 0.29) is 0 Å². The van der Waals surface area contributed by atoms with Crippen molar-refractivity contribution in [2.24, 2.45) is 0 Å². The lowest BCUT2D eigenvalue weighted by molar-refractivity contribution is 1.06. The standard InChI is InChI=1S/C5H6ClN3S/c1-10-5-3(7)4(6)8-2-9-5/h2H,7H2,1H3. The molecule has 1 heterocycles. The van der Waals surface area contributed by atoms with Crippen molar-refractivity contribution in [2.75, 3.05) is 12.0 Å². The Morgan fingerprint density at radius 1 is 1.60 bits per heavy atom. The third-order valence-electron chi connectivity index (χ3n) is 0.992. The van der Waals surface area contributed by atoms with Gasteiger partial charge in [0.25, 0.3) is 0 Å². The highest BCUT2D eigenvalue weighted by molar-refractivity contribution is 7.98. The minimum absolute atomic E-state index is 0.319. The van der Waals surface area contributed by atoms with Crippen LogP contribution < -0.4 is 5.73 Å². The molecule has 54 valence electrons. The topological polar surface area (TPSA) is 51.8 Å². The fourth-order valence-corrected chi connectivity index (χ4v) is 1.18. The highest BCUT2D eigenvalue weighted by Gasteiger charge is 2.02. The summed E-state index contributed by atoms with van der Waals surface area (Å²) in [5, 5.41) is 1.04. The Labute approximate surface area is 68.0 Å². The molecule has 0 aromatic carbocycles. The van der Waals surface area contributed by atoms with Gasteiger partial charge in [-0.15, -0.1) is 11.8 Å². The van der Waals surface area contributed by atoms with Crippen molar-refractivity contribution in [2.45, 2.75) is 5.03 Å². The average molecular weight is 176 g/mol. The molecule has 0 amide bonds. The molecule has 1 aromatic heterocycles. The van der Waals surface area contributed by atoms with Crippen LogP contribution in [-0.4, -0.2) is 16.2 Å². The Morgan fingerprint density at radius 2 is 2.30 bits per heavy atom. The Balaban J connectivity index is 3.14. The molecule has 0 saturated carbocycles. The summed E-state index contributed by atoms with van der Waals surface area (Å²) in [6, 6.07) is 0.